The topological polar surface area (TPSA) is 193 Å². The summed E-state index contributed by atoms with van der Waals surface area (Å²) < 4.78 is 23.8. The Morgan fingerprint density at radius 1 is 0.982 bits per heavy atom. The predicted molar refractivity (Wildman–Crippen MR) is 208 cm³/mol. The number of nitrogens with zero attached hydrogens (tertiary/aromatic N) is 1. The summed E-state index contributed by atoms with van der Waals surface area (Å²) in [4.78, 5) is 57.1. The second-order valence-corrected chi connectivity index (χ2v) is 15.9. The fraction of sp³-hybridized carbons (Fsp3) is 0.488. The second kappa shape index (κ2) is 15.7. The molecule has 1 aromatic carbocycles. The minimum absolute atomic E-state index is 0.0525. The normalized spacial score (nSPS) is 36.3. The summed E-state index contributed by atoms with van der Waals surface area (Å²) in [5, 5.41) is 40.8. The number of carbonyl (C=O) groups is 4. The molecule has 5 bridgehead atoms. The van der Waals surface area contributed by atoms with Crippen molar-refractivity contribution in [1.29, 1.82) is 0 Å². The Kier molecular flexibility index (Phi) is 11.5. The van der Waals surface area contributed by atoms with E-state index >= 15 is 0 Å². The third kappa shape index (κ3) is 7.24. The molecule has 0 aromatic heterocycles. The van der Waals surface area contributed by atoms with Crippen LogP contribution < -0.4 is 15.4 Å². The standard InChI is InChI=1S/C43H53N3O11/c1-19-14-16-46-28(18-19)44-32-29-30-37(50)25(7)40-31(29)41(52)43(9,57-40)55-17-15-27(54-10)22(4)39(56-26(8)47)24(6)36(49)23(5)35(48)20(2)12-11-13-21(3)42(53)45-33(34(32)46)38(30)51/h11-18,20,22-24,27-28,32,35-36,39,44,48-50H,1-10H3,(H,45,53)/b12-11+,17-15+,21-13-/t20-,22+,23+,24+,27-,28?,32?,35-,36+,39+,43-/m0/s1. The fourth-order valence-electron chi connectivity index (χ4n) is 8.48. The van der Waals surface area contributed by atoms with Gasteiger partial charge in [-0.15, -0.1) is 0 Å². The first-order chi connectivity index (χ1) is 26.8. The number of carbonyl (C=O) groups excluding carboxylic acids is 4. The van der Waals surface area contributed by atoms with Crippen molar-refractivity contribution >= 4 is 23.4 Å². The van der Waals surface area contributed by atoms with Gasteiger partial charge in [0.1, 0.15) is 29.5 Å². The Balaban J connectivity index is 1.50. The molecule has 1 fully saturated rings. The van der Waals surface area contributed by atoms with Crippen molar-refractivity contribution in [2.75, 3.05) is 7.11 Å². The molecular formula is C43H53N3O11. The van der Waals surface area contributed by atoms with E-state index in [1.807, 2.05) is 24.0 Å². The Morgan fingerprint density at radius 2 is 1.68 bits per heavy atom. The van der Waals surface area contributed by atoms with Crippen LogP contribution in [0.15, 0.2) is 71.5 Å². The van der Waals surface area contributed by atoms with Gasteiger partial charge in [-0.1, -0.05) is 51.5 Å². The number of amides is 1. The van der Waals surface area contributed by atoms with Crippen LogP contribution in [0.1, 0.15) is 93.3 Å². The average molecular weight is 788 g/mol. The van der Waals surface area contributed by atoms with Gasteiger partial charge in [-0.25, -0.2) is 0 Å². The highest BCUT2D eigenvalue weighted by atomic mass is 16.7. The number of nitrogens with one attached hydrogen (secondary N) is 2. The first kappa shape index (κ1) is 41.6. The van der Waals surface area contributed by atoms with Gasteiger partial charge < -0.3 is 44.5 Å². The molecule has 4 heterocycles. The molecule has 0 saturated carbocycles. The lowest BCUT2D eigenvalue weighted by molar-refractivity contribution is -0.160. The number of ketones is 2. The van der Waals surface area contributed by atoms with Gasteiger partial charge in [0.05, 0.1) is 47.4 Å². The zero-order chi connectivity index (χ0) is 41.8. The summed E-state index contributed by atoms with van der Waals surface area (Å²) in [5.74, 6) is -7.10. The smallest absolute Gasteiger partial charge is 0.312 e. The zero-order valence-corrected chi connectivity index (χ0v) is 33.9. The molecule has 14 heteroatoms. The van der Waals surface area contributed by atoms with Crippen molar-refractivity contribution in [2.45, 2.75) is 105 Å². The summed E-state index contributed by atoms with van der Waals surface area (Å²) in [5.41, 5.74) is 1.77. The first-order valence-electron chi connectivity index (χ1n) is 19.2. The minimum Gasteiger partial charge on any atom is -0.507 e. The lowest BCUT2D eigenvalue weighted by Gasteiger charge is -2.38. The van der Waals surface area contributed by atoms with Crippen LogP contribution in [-0.4, -0.2) is 87.1 Å². The SMILES string of the molecule is CO[C@H]1/C=C/O[C@@]2(C)Oc3c(C)c(O)c4c(c3C2=O)C2NC3C=C(C)C=CN3C2=C(NC(=O)/C(C)=C\C=C\[C@H](C)[C@H](O)[C@@H](C)[C@@H](O)[C@@H](C)[C@H](OC(C)=O)[C@@H]1C)C4=O. The molecule has 5 aliphatic rings. The first-order valence-corrected chi connectivity index (χ1v) is 19.2. The van der Waals surface area contributed by atoms with Crippen LogP contribution in [0.4, 0.5) is 0 Å². The quantitative estimate of drug-likeness (QED) is 0.263. The number of methoxy groups -OCH3 is 1. The number of allylic oxidation sites excluding steroid dienone is 5. The van der Waals surface area contributed by atoms with E-state index in [1.54, 1.807) is 65.1 Å². The third-order valence-electron chi connectivity index (χ3n) is 11.9. The van der Waals surface area contributed by atoms with E-state index < -0.39 is 95.3 Å². The zero-order valence-electron chi connectivity index (χ0n) is 33.9. The van der Waals surface area contributed by atoms with Gasteiger partial charge in [0.15, 0.2) is 0 Å². The Hall–Kier alpha value is -5.02. The molecule has 2 unspecified atom stereocenters. The summed E-state index contributed by atoms with van der Waals surface area (Å²) >= 11 is 0. The second-order valence-electron chi connectivity index (χ2n) is 15.9. The number of phenolic OH excluding ortho intramolecular Hbond substituents is 1. The maximum Gasteiger partial charge on any atom is 0.312 e. The number of phenols is 1. The number of aromatic hydroxyl groups is 1. The van der Waals surface area contributed by atoms with E-state index in [2.05, 4.69) is 10.6 Å². The van der Waals surface area contributed by atoms with Crippen LogP contribution in [0.2, 0.25) is 0 Å². The monoisotopic (exact) mass is 787 g/mol. The highest BCUT2D eigenvalue weighted by Gasteiger charge is 2.55. The van der Waals surface area contributed by atoms with Crippen LogP contribution >= 0.6 is 0 Å². The molecule has 5 N–H and O–H groups in total. The largest absolute Gasteiger partial charge is 0.507 e. The number of hydrogen-bond acceptors (Lipinski definition) is 13. The molecule has 14 nitrogen and oxygen atoms in total. The number of ether oxygens (including phenoxy) is 4. The van der Waals surface area contributed by atoms with Gasteiger partial charge in [-0.3, -0.25) is 24.5 Å². The van der Waals surface area contributed by atoms with E-state index in [4.69, 9.17) is 18.9 Å². The Morgan fingerprint density at radius 3 is 2.35 bits per heavy atom. The lowest BCUT2D eigenvalue weighted by Crippen LogP contribution is -2.46. The molecule has 306 valence electrons. The number of benzene rings is 1. The number of esters is 1. The minimum atomic E-state index is -1.94. The van der Waals surface area contributed by atoms with Crippen molar-refractivity contribution in [3.63, 3.8) is 0 Å². The molecule has 6 rings (SSSR count). The van der Waals surface area contributed by atoms with Crippen molar-refractivity contribution in [1.82, 2.24) is 15.5 Å². The van der Waals surface area contributed by atoms with E-state index in [-0.39, 0.29) is 39.3 Å². The van der Waals surface area contributed by atoms with Crippen LogP contribution in [-0.2, 0) is 23.8 Å². The Bertz CT molecular complexity index is 2060. The molecule has 1 saturated heterocycles. The van der Waals surface area contributed by atoms with Crippen LogP contribution in [0, 0.1) is 30.6 Å². The van der Waals surface area contributed by atoms with Gasteiger partial charge in [-0.2, -0.15) is 0 Å². The van der Waals surface area contributed by atoms with E-state index in [1.165, 1.54) is 34.1 Å². The summed E-state index contributed by atoms with van der Waals surface area (Å²) in [6.45, 7) is 14.7. The van der Waals surface area contributed by atoms with Crippen LogP contribution in [0.3, 0.4) is 0 Å². The van der Waals surface area contributed by atoms with Gasteiger partial charge >= 0.3 is 11.8 Å². The van der Waals surface area contributed by atoms with Crippen molar-refractivity contribution in [3.8, 4) is 11.5 Å². The lowest BCUT2D eigenvalue weighted by atomic mass is 9.78. The molecular weight excluding hydrogens is 734 g/mol. The van der Waals surface area contributed by atoms with E-state index in [0.717, 1.165) is 5.57 Å². The highest BCUT2D eigenvalue weighted by Crippen LogP contribution is 2.53. The molecule has 1 aromatic rings. The van der Waals surface area contributed by atoms with E-state index in [0.29, 0.717) is 5.70 Å². The maximum atomic E-state index is 14.6. The average Bonchev–Trinajstić information content (AvgIpc) is 3.67. The predicted octanol–water partition coefficient (Wildman–Crippen LogP) is 4.52. The van der Waals surface area contributed by atoms with Crippen molar-refractivity contribution in [3.05, 3.63) is 93.7 Å². The summed E-state index contributed by atoms with van der Waals surface area (Å²) in [6.07, 6.45) is 9.06. The van der Waals surface area contributed by atoms with Gasteiger partial charge in [-0.05, 0) is 39.0 Å². The number of aliphatic hydroxyl groups excluding tert-OH is 2. The van der Waals surface area contributed by atoms with Crippen LogP contribution in [0.5, 0.6) is 11.5 Å². The van der Waals surface area contributed by atoms with Crippen LogP contribution in [0.25, 0.3) is 0 Å². The van der Waals surface area contributed by atoms with Crippen molar-refractivity contribution in [2.24, 2.45) is 23.7 Å². The number of aliphatic hydroxyl groups is 2. The van der Waals surface area contributed by atoms with Gasteiger partial charge in [0.2, 0.25) is 5.78 Å². The molecule has 57 heavy (non-hydrogen) atoms. The molecule has 4 aliphatic heterocycles. The maximum absolute atomic E-state index is 14.6. The van der Waals surface area contributed by atoms with E-state index in [9.17, 15) is 34.5 Å². The molecule has 11 atom stereocenters. The number of Topliss-reactive ketones (excluding diaryl/α,β-unsaturated/α-hetero) is 2. The van der Waals surface area contributed by atoms with Gasteiger partial charge in [0.25, 0.3) is 11.7 Å². The molecule has 0 radical (unpaired) electrons. The Labute approximate surface area is 332 Å². The number of fused-ring (bicyclic) bond motifs is 5. The van der Waals surface area contributed by atoms with Crippen molar-refractivity contribution < 1.29 is 53.4 Å². The fourth-order valence-corrected chi connectivity index (χ4v) is 8.48. The molecule has 1 aliphatic carbocycles. The number of rotatable bonds is 2. The van der Waals surface area contributed by atoms with Gasteiger partial charge in [0, 0.05) is 67.5 Å². The summed E-state index contributed by atoms with van der Waals surface area (Å²) in [7, 11) is 1.46. The number of hydrogen-bond donors (Lipinski definition) is 5. The molecule has 1 amide bonds. The molecule has 0 spiro atoms. The third-order valence-corrected chi connectivity index (χ3v) is 11.9. The summed E-state index contributed by atoms with van der Waals surface area (Å²) in [6, 6.07) is -0.844. The highest BCUT2D eigenvalue weighted by molar-refractivity contribution is 6.19.